The topological polar surface area (TPSA) is 49.5 Å². The zero-order valence-electron chi connectivity index (χ0n) is 10.1. The molecule has 2 unspecified atom stereocenters. The van der Waals surface area contributed by atoms with Crippen LogP contribution in [0.25, 0.3) is 0 Å². The normalized spacial score (nSPS) is 34.5. The zero-order chi connectivity index (χ0) is 11.7. The third-order valence-corrected chi connectivity index (χ3v) is 4.40. The predicted molar refractivity (Wildman–Crippen MR) is 63.3 cm³/mol. The Hall–Kier alpha value is -0.870. The predicted octanol–water partition coefficient (Wildman–Crippen LogP) is 1.80. The minimum atomic E-state index is -0.372. The van der Waals surface area contributed by atoms with Gasteiger partial charge in [-0.1, -0.05) is 18.0 Å². The van der Waals surface area contributed by atoms with Crippen LogP contribution in [0.4, 0.5) is 0 Å². The summed E-state index contributed by atoms with van der Waals surface area (Å²) < 4.78 is 4.86. The lowest BCUT2D eigenvalue weighted by molar-refractivity contribution is -0.0968. The summed E-state index contributed by atoms with van der Waals surface area (Å²) in [6, 6.07) is 0. The SMILES string of the molecule is OC12CCCCC1CN(Cc1cnoc1)CC2. The standard InChI is InChI=1S/C13H20N2O2/c16-13-4-2-1-3-12(13)9-15(6-5-13)8-11-7-14-17-10-11/h7,10,12,16H,1-6,8-9H2. The molecule has 0 radical (unpaired) electrons. The molecule has 17 heavy (non-hydrogen) atoms. The van der Waals surface area contributed by atoms with Crippen molar-refractivity contribution in [3.05, 3.63) is 18.0 Å². The highest BCUT2D eigenvalue weighted by Gasteiger charge is 2.42. The van der Waals surface area contributed by atoms with Crippen molar-refractivity contribution in [3.63, 3.8) is 0 Å². The van der Waals surface area contributed by atoms with Gasteiger partial charge in [0.1, 0.15) is 6.26 Å². The van der Waals surface area contributed by atoms with Gasteiger partial charge in [-0.3, -0.25) is 4.90 Å². The lowest BCUT2D eigenvalue weighted by atomic mass is 9.71. The monoisotopic (exact) mass is 236 g/mol. The van der Waals surface area contributed by atoms with Crippen molar-refractivity contribution in [1.29, 1.82) is 0 Å². The number of piperidine rings is 1. The maximum atomic E-state index is 10.6. The van der Waals surface area contributed by atoms with Crippen molar-refractivity contribution < 1.29 is 9.63 Å². The van der Waals surface area contributed by atoms with E-state index in [1.165, 1.54) is 19.3 Å². The van der Waals surface area contributed by atoms with E-state index < -0.39 is 0 Å². The van der Waals surface area contributed by atoms with E-state index in [9.17, 15) is 5.11 Å². The summed E-state index contributed by atoms with van der Waals surface area (Å²) in [5, 5.41) is 14.3. The average molecular weight is 236 g/mol. The summed E-state index contributed by atoms with van der Waals surface area (Å²) in [6.07, 6.45) is 9.05. The van der Waals surface area contributed by atoms with Crippen molar-refractivity contribution in [2.75, 3.05) is 13.1 Å². The smallest absolute Gasteiger partial charge is 0.128 e. The van der Waals surface area contributed by atoms with Crippen LogP contribution in [-0.4, -0.2) is 33.9 Å². The fraction of sp³-hybridized carbons (Fsp3) is 0.769. The summed E-state index contributed by atoms with van der Waals surface area (Å²) >= 11 is 0. The van der Waals surface area contributed by atoms with Crippen LogP contribution in [0, 0.1) is 5.92 Å². The highest BCUT2D eigenvalue weighted by Crippen LogP contribution is 2.39. The van der Waals surface area contributed by atoms with Crippen molar-refractivity contribution in [2.45, 2.75) is 44.2 Å². The molecule has 2 heterocycles. The van der Waals surface area contributed by atoms with Crippen LogP contribution in [-0.2, 0) is 6.54 Å². The first-order chi connectivity index (χ1) is 8.26. The number of fused-ring (bicyclic) bond motifs is 1. The lowest BCUT2D eigenvalue weighted by Gasteiger charge is -2.47. The number of rotatable bonds is 2. The van der Waals surface area contributed by atoms with Gasteiger partial charge in [0.05, 0.1) is 11.8 Å². The molecule has 94 valence electrons. The number of hydrogen-bond acceptors (Lipinski definition) is 4. The van der Waals surface area contributed by atoms with Gasteiger partial charge in [-0.05, 0) is 19.3 Å². The van der Waals surface area contributed by atoms with E-state index >= 15 is 0 Å². The van der Waals surface area contributed by atoms with Gasteiger partial charge in [0.15, 0.2) is 0 Å². The Kier molecular flexibility index (Phi) is 2.92. The van der Waals surface area contributed by atoms with Crippen LogP contribution in [0.3, 0.4) is 0 Å². The molecule has 1 saturated carbocycles. The van der Waals surface area contributed by atoms with Crippen molar-refractivity contribution >= 4 is 0 Å². The first kappa shape index (κ1) is 11.2. The van der Waals surface area contributed by atoms with E-state index in [0.29, 0.717) is 5.92 Å². The van der Waals surface area contributed by atoms with E-state index in [2.05, 4.69) is 10.1 Å². The Labute approximate surface area is 102 Å². The summed E-state index contributed by atoms with van der Waals surface area (Å²) in [7, 11) is 0. The Morgan fingerprint density at radius 1 is 1.47 bits per heavy atom. The summed E-state index contributed by atoms with van der Waals surface area (Å²) in [6.45, 7) is 2.90. The van der Waals surface area contributed by atoms with Gasteiger partial charge in [-0.25, -0.2) is 0 Å². The Morgan fingerprint density at radius 3 is 3.24 bits per heavy atom. The molecule has 2 aliphatic rings. The van der Waals surface area contributed by atoms with Crippen LogP contribution in [0.15, 0.2) is 17.0 Å². The first-order valence-corrected chi connectivity index (χ1v) is 6.59. The van der Waals surface area contributed by atoms with Crippen molar-refractivity contribution in [3.8, 4) is 0 Å². The van der Waals surface area contributed by atoms with Crippen molar-refractivity contribution in [2.24, 2.45) is 5.92 Å². The first-order valence-electron chi connectivity index (χ1n) is 6.59. The molecular weight excluding hydrogens is 216 g/mol. The summed E-state index contributed by atoms with van der Waals surface area (Å²) in [5.74, 6) is 0.463. The van der Waals surface area contributed by atoms with Gasteiger partial charge in [0.2, 0.25) is 0 Å². The third kappa shape index (κ3) is 2.24. The largest absolute Gasteiger partial charge is 0.390 e. The van der Waals surface area contributed by atoms with Crippen LogP contribution < -0.4 is 0 Å². The van der Waals surface area contributed by atoms with Gasteiger partial charge in [0, 0.05) is 31.1 Å². The Morgan fingerprint density at radius 2 is 2.41 bits per heavy atom. The molecule has 1 aliphatic heterocycles. The molecule has 1 N–H and O–H groups in total. The van der Waals surface area contributed by atoms with E-state index in [0.717, 1.165) is 38.0 Å². The van der Waals surface area contributed by atoms with Crippen LogP contribution in [0.1, 0.15) is 37.7 Å². The summed E-state index contributed by atoms with van der Waals surface area (Å²) in [5.41, 5.74) is 0.759. The van der Waals surface area contributed by atoms with Gasteiger partial charge < -0.3 is 9.63 Å². The van der Waals surface area contributed by atoms with Gasteiger partial charge >= 0.3 is 0 Å². The van der Waals surface area contributed by atoms with Crippen LogP contribution in [0.2, 0.25) is 0 Å². The molecule has 0 spiro atoms. The molecule has 2 atom stereocenters. The van der Waals surface area contributed by atoms with E-state index in [-0.39, 0.29) is 5.60 Å². The van der Waals surface area contributed by atoms with Gasteiger partial charge in [-0.15, -0.1) is 0 Å². The van der Waals surface area contributed by atoms with Crippen molar-refractivity contribution in [1.82, 2.24) is 10.1 Å². The molecule has 1 aromatic heterocycles. The number of nitrogens with zero attached hydrogens (tertiary/aromatic N) is 2. The highest BCUT2D eigenvalue weighted by atomic mass is 16.5. The molecule has 1 saturated heterocycles. The van der Waals surface area contributed by atoms with E-state index in [4.69, 9.17) is 4.52 Å². The van der Waals surface area contributed by atoms with Crippen LogP contribution >= 0.6 is 0 Å². The molecule has 4 nitrogen and oxygen atoms in total. The molecular formula is C13H20N2O2. The fourth-order valence-corrected chi connectivity index (χ4v) is 3.35. The second-order valence-electron chi connectivity index (χ2n) is 5.56. The quantitative estimate of drug-likeness (QED) is 0.850. The van der Waals surface area contributed by atoms with E-state index in [1.807, 2.05) is 0 Å². The zero-order valence-corrected chi connectivity index (χ0v) is 10.1. The average Bonchev–Trinajstić information content (AvgIpc) is 2.82. The molecule has 3 rings (SSSR count). The number of likely N-dealkylation sites (tertiary alicyclic amines) is 1. The lowest BCUT2D eigenvalue weighted by Crippen LogP contribution is -2.52. The van der Waals surface area contributed by atoms with E-state index in [1.54, 1.807) is 12.5 Å². The molecule has 2 fully saturated rings. The number of aliphatic hydroxyl groups is 1. The maximum absolute atomic E-state index is 10.6. The number of hydrogen-bond donors (Lipinski definition) is 1. The molecule has 0 aromatic carbocycles. The Balaban J connectivity index is 1.63. The van der Waals surface area contributed by atoms with Gasteiger partial charge in [0.25, 0.3) is 0 Å². The second-order valence-corrected chi connectivity index (χ2v) is 5.56. The van der Waals surface area contributed by atoms with Gasteiger partial charge in [-0.2, -0.15) is 0 Å². The highest BCUT2D eigenvalue weighted by molar-refractivity contribution is 5.02. The molecule has 4 heteroatoms. The molecule has 1 aromatic rings. The minimum Gasteiger partial charge on any atom is -0.390 e. The summed E-state index contributed by atoms with van der Waals surface area (Å²) in [4.78, 5) is 2.41. The second kappa shape index (κ2) is 4.42. The molecule has 0 bridgehead atoms. The molecule has 0 amide bonds. The third-order valence-electron chi connectivity index (χ3n) is 4.40. The Bertz CT molecular complexity index is 366. The molecule has 1 aliphatic carbocycles. The van der Waals surface area contributed by atoms with Crippen LogP contribution in [0.5, 0.6) is 0 Å². The number of aromatic nitrogens is 1. The minimum absolute atomic E-state index is 0.372. The maximum Gasteiger partial charge on any atom is 0.128 e. The fourth-order valence-electron chi connectivity index (χ4n) is 3.35.